The number of allylic oxidation sites excluding steroid dienone is 3. The molecule has 0 aliphatic rings. The summed E-state index contributed by atoms with van der Waals surface area (Å²) in [6.45, 7) is 16.6. The Morgan fingerprint density at radius 1 is 1.31 bits per heavy atom. The molecule has 0 spiro atoms. The number of nitrogens with zero attached hydrogens (tertiary/aromatic N) is 2. The summed E-state index contributed by atoms with van der Waals surface area (Å²) in [6, 6.07) is -1.06. The number of oxazole rings is 1. The Morgan fingerprint density at radius 2 is 1.97 bits per heavy atom. The number of methoxy groups -OCH3 is 1. The molecule has 3 atom stereocenters. The Labute approximate surface area is 215 Å². The van der Waals surface area contributed by atoms with Crippen molar-refractivity contribution in [3.63, 3.8) is 0 Å². The molecule has 36 heavy (non-hydrogen) atoms. The first kappa shape index (κ1) is 30.8. The predicted octanol–water partition coefficient (Wildman–Crippen LogP) is 5.21. The van der Waals surface area contributed by atoms with E-state index in [1.54, 1.807) is 13.8 Å². The highest BCUT2D eigenvalue weighted by molar-refractivity contribution is 5.91. The molecule has 0 saturated heterocycles. The average Bonchev–Trinajstić information content (AvgIpc) is 3.12. The third-order valence-electron chi connectivity index (χ3n) is 5.57. The molecule has 200 valence electrons. The summed E-state index contributed by atoms with van der Waals surface area (Å²) in [5.41, 5.74) is 9.14. The zero-order valence-electron chi connectivity index (χ0n) is 23.0. The van der Waals surface area contributed by atoms with Crippen molar-refractivity contribution in [1.29, 1.82) is 5.41 Å². The van der Waals surface area contributed by atoms with Gasteiger partial charge in [-0.1, -0.05) is 18.2 Å². The van der Waals surface area contributed by atoms with Crippen LogP contribution in [-0.4, -0.2) is 41.9 Å². The lowest BCUT2D eigenvalue weighted by Gasteiger charge is -2.18. The van der Waals surface area contributed by atoms with Gasteiger partial charge in [-0.05, 0) is 72.8 Å². The first-order chi connectivity index (χ1) is 16.9. The van der Waals surface area contributed by atoms with Crippen LogP contribution in [0.3, 0.4) is 0 Å². The van der Waals surface area contributed by atoms with Gasteiger partial charge in [0.2, 0.25) is 17.7 Å². The van der Waals surface area contributed by atoms with Crippen LogP contribution in [-0.2, 0) is 14.3 Å². The Hall–Kier alpha value is -3.20. The molecule has 9 nitrogen and oxygen atoms in total. The quantitative estimate of drug-likeness (QED) is 0.147. The number of nitrogens with two attached hydrogens (primary N) is 1. The predicted molar refractivity (Wildman–Crippen MR) is 144 cm³/mol. The minimum atomic E-state index is -0.735. The number of carbonyl (C=O) groups excluding carboxylic acids is 1. The fourth-order valence-electron chi connectivity index (χ4n) is 3.64. The molecule has 1 rings (SSSR count). The van der Waals surface area contributed by atoms with E-state index < -0.39 is 12.1 Å². The van der Waals surface area contributed by atoms with Crippen LogP contribution in [0.15, 0.2) is 45.0 Å². The Kier molecular flexibility index (Phi) is 12.9. The Balaban J connectivity index is 3.03. The van der Waals surface area contributed by atoms with Gasteiger partial charge in [-0.25, -0.2) is 9.98 Å². The molecule has 1 amide bonds. The van der Waals surface area contributed by atoms with Crippen LogP contribution in [0.25, 0.3) is 0 Å². The first-order valence-electron chi connectivity index (χ1n) is 12.2. The van der Waals surface area contributed by atoms with Crippen LogP contribution in [0.2, 0.25) is 0 Å². The second-order valence-electron chi connectivity index (χ2n) is 9.10. The third kappa shape index (κ3) is 10.6. The summed E-state index contributed by atoms with van der Waals surface area (Å²) in [4.78, 5) is 21.9. The summed E-state index contributed by atoms with van der Waals surface area (Å²) < 4.78 is 16.3. The molecule has 2 unspecified atom stereocenters. The van der Waals surface area contributed by atoms with E-state index in [0.717, 1.165) is 30.7 Å². The summed E-state index contributed by atoms with van der Waals surface area (Å²) >= 11 is 0. The van der Waals surface area contributed by atoms with Gasteiger partial charge in [-0.15, -0.1) is 0 Å². The lowest BCUT2D eigenvalue weighted by atomic mass is 9.97. The van der Waals surface area contributed by atoms with Crippen molar-refractivity contribution in [2.45, 2.75) is 92.3 Å². The molecular weight excluding hydrogens is 458 g/mol. The maximum absolute atomic E-state index is 13.0. The number of aromatic nitrogens is 1. The normalized spacial score (nSPS) is 15.5. The molecule has 1 heterocycles. The van der Waals surface area contributed by atoms with E-state index >= 15 is 0 Å². The molecule has 0 aliphatic carbocycles. The minimum absolute atomic E-state index is 0.0477. The van der Waals surface area contributed by atoms with Crippen molar-refractivity contribution in [3.8, 4) is 0 Å². The largest absolute Gasteiger partial charge is 0.481 e. The number of carbonyl (C=O) groups is 1. The topological polar surface area (TPSA) is 136 Å². The van der Waals surface area contributed by atoms with Gasteiger partial charge in [0.15, 0.2) is 5.90 Å². The second kappa shape index (κ2) is 15.0. The van der Waals surface area contributed by atoms with Crippen molar-refractivity contribution in [2.75, 3.05) is 7.11 Å². The van der Waals surface area contributed by atoms with Gasteiger partial charge < -0.3 is 24.9 Å². The van der Waals surface area contributed by atoms with Crippen molar-refractivity contribution in [2.24, 2.45) is 10.7 Å². The molecule has 1 aromatic rings. The summed E-state index contributed by atoms with van der Waals surface area (Å²) in [5.74, 6) is 1.62. The number of hydrogen-bond acceptors (Lipinski definition) is 8. The van der Waals surface area contributed by atoms with Gasteiger partial charge in [0.25, 0.3) is 0 Å². The number of aliphatic imine (C=N–C) groups is 1. The SMILES string of the molecule is C=C/C(CCC[C@H](NC(=O)C(C)N=C(/C=C(\C)OC(C)=N)OC)c1nc(C)c(C)o1)=C(/C)CC(C)N. The maximum Gasteiger partial charge on any atom is 0.245 e. The number of aryl methyl sites for hydroxylation is 2. The van der Waals surface area contributed by atoms with E-state index in [2.05, 4.69) is 28.8 Å². The molecule has 0 fully saturated rings. The molecule has 1 aromatic heterocycles. The molecule has 0 saturated carbocycles. The van der Waals surface area contributed by atoms with Crippen LogP contribution in [0.4, 0.5) is 0 Å². The van der Waals surface area contributed by atoms with Crippen LogP contribution in [0.5, 0.6) is 0 Å². The first-order valence-corrected chi connectivity index (χ1v) is 12.2. The van der Waals surface area contributed by atoms with Gasteiger partial charge >= 0.3 is 0 Å². The van der Waals surface area contributed by atoms with Gasteiger partial charge in [0.05, 0.1) is 12.8 Å². The van der Waals surface area contributed by atoms with Gasteiger partial charge in [-0.2, -0.15) is 0 Å². The Morgan fingerprint density at radius 3 is 2.47 bits per heavy atom. The van der Waals surface area contributed by atoms with E-state index in [1.807, 2.05) is 26.8 Å². The smallest absolute Gasteiger partial charge is 0.245 e. The fourth-order valence-corrected chi connectivity index (χ4v) is 3.64. The van der Waals surface area contributed by atoms with Crippen LogP contribution in [0.1, 0.15) is 83.7 Å². The fraction of sp³-hybridized carbons (Fsp3) is 0.556. The monoisotopic (exact) mass is 501 g/mol. The maximum atomic E-state index is 13.0. The van der Waals surface area contributed by atoms with Crippen LogP contribution >= 0.6 is 0 Å². The summed E-state index contributed by atoms with van der Waals surface area (Å²) in [5, 5.41) is 10.5. The lowest BCUT2D eigenvalue weighted by molar-refractivity contribution is -0.122. The minimum Gasteiger partial charge on any atom is -0.481 e. The molecule has 4 N–H and O–H groups in total. The van der Waals surface area contributed by atoms with Crippen molar-refractivity contribution < 1.29 is 18.7 Å². The van der Waals surface area contributed by atoms with Crippen molar-refractivity contribution in [1.82, 2.24) is 10.3 Å². The van der Waals surface area contributed by atoms with E-state index in [1.165, 1.54) is 31.3 Å². The number of hydrogen-bond donors (Lipinski definition) is 3. The molecule has 0 bridgehead atoms. The van der Waals surface area contributed by atoms with Crippen LogP contribution < -0.4 is 11.1 Å². The standard InChI is InChI=1S/C27H43N5O4/c1-10-23(16(2)14-17(3)28)12-11-13-24(27-31-19(5)21(7)36-27)32-26(33)20(6)30-25(34-9)15-18(4)35-22(8)29/h10,15,17,20,24,29H,1,11-14,28H2,2-9H3,(H,32,33)/b18-15+,23-16+,29-22?,30-25?/t17?,20?,24-/m0/s1. The van der Waals surface area contributed by atoms with E-state index in [4.69, 9.17) is 25.0 Å². The van der Waals surface area contributed by atoms with Gasteiger partial charge in [0.1, 0.15) is 23.6 Å². The van der Waals surface area contributed by atoms with Crippen molar-refractivity contribution in [3.05, 3.63) is 53.0 Å². The van der Waals surface area contributed by atoms with Gasteiger partial charge in [-0.3, -0.25) is 10.2 Å². The lowest BCUT2D eigenvalue weighted by Crippen LogP contribution is -2.35. The highest BCUT2D eigenvalue weighted by Crippen LogP contribution is 2.24. The average molecular weight is 502 g/mol. The third-order valence-corrected chi connectivity index (χ3v) is 5.57. The summed E-state index contributed by atoms with van der Waals surface area (Å²) in [7, 11) is 1.46. The zero-order chi connectivity index (χ0) is 27.4. The molecule has 0 aliphatic heterocycles. The molecule has 9 heteroatoms. The second-order valence-corrected chi connectivity index (χ2v) is 9.10. The van der Waals surface area contributed by atoms with E-state index in [-0.39, 0.29) is 23.7 Å². The van der Waals surface area contributed by atoms with Crippen molar-refractivity contribution >= 4 is 17.7 Å². The molecular formula is C27H43N5O4. The zero-order valence-corrected chi connectivity index (χ0v) is 23.0. The number of rotatable bonds is 13. The highest BCUT2D eigenvalue weighted by atomic mass is 16.5. The number of ether oxygens (including phenoxy) is 2. The number of amides is 1. The number of nitrogens with one attached hydrogen (secondary N) is 2. The van der Waals surface area contributed by atoms with E-state index in [9.17, 15) is 4.79 Å². The molecule has 0 radical (unpaired) electrons. The molecule has 0 aromatic carbocycles. The summed E-state index contributed by atoms with van der Waals surface area (Å²) in [6.07, 6.45) is 6.47. The van der Waals surface area contributed by atoms with E-state index in [0.29, 0.717) is 18.1 Å². The van der Waals surface area contributed by atoms with Gasteiger partial charge in [0, 0.05) is 19.0 Å². The highest BCUT2D eigenvalue weighted by Gasteiger charge is 2.23. The Bertz CT molecular complexity index is 984. The van der Waals surface area contributed by atoms with Crippen LogP contribution in [0, 0.1) is 19.3 Å².